The first kappa shape index (κ1) is 18.3. The van der Waals surface area contributed by atoms with Crippen LogP contribution in [0.5, 0.6) is 0 Å². The molecule has 1 aromatic rings. The fourth-order valence-electron chi connectivity index (χ4n) is 3.28. The Morgan fingerprint density at radius 1 is 1.36 bits per heavy atom. The minimum atomic E-state index is -3.63. The number of ether oxygens (including phenoxy) is 1. The van der Waals surface area contributed by atoms with E-state index in [0.717, 1.165) is 0 Å². The average Bonchev–Trinajstić information content (AvgIpc) is 2.85. The topological polar surface area (TPSA) is 120 Å². The lowest BCUT2D eigenvalue weighted by molar-refractivity contribution is -0.00213. The van der Waals surface area contributed by atoms with Gasteiger partial charge in [0.05, 0.1) is 25.0 Å². The third kappa shape index (κ3) is 3.07. The Labute approximate surface area is 143 Å². The summed E-state index contributed by atoms with van der Waals surface area (Å²) < 4.78 is 30.5. The zero-order valence-electron chi connectivity index (χ0n) is 14.2. The van der Waals surface area contributed by atoms with Gasteiger partial charge in [-0.15, -0.1) is 0 Å². The van der Waals surface area contributed by atoms with Gasteiger partial charge in [0.2, 0.25) is 0 Å². The van der Waals surface area contributed by atoms with E-state index in [4.69, 9.17) is 13.8 Å². The Bertz CT molecular complexity index is 862. The highest BCUT2D eigenvalue weighted by Crippen LogP contribution is 2.54. The van der Waals surface area contributed by atoms with Gasteiger partial charge < -0.3 is 18.9 Å². The molecule has 138 valence electrons. The summed E-state index contributed by atoms with van der Waals surface area (Å²) in [6.45, 7) is 5.21. The minimum absolute atomic E-state index is 0.152. The van der Waals surface area contributed by atoms with E-state index < -0.39 is 37.3 Å². The van der Waals surface area contributed by atoms with E-state index in [1.165, 1.54) is 10.4 Å². The van der Waals surface area contributed by atoms with E-state index in [9.17, 15) is 19.3 Å². The van der Waals surface area contributed by atoms with Crippen molar-refractivity contribution < 1.29 is 23.5 Å². The standard InChI is InChI=1S/C15H21N2O7P/c1-4-22-25(21,23-5-2)7-9-12-8(3)14(19)16-15(20)17(12)11-6-10(18)13(9)24-11/h7,10-11,13,18H,4-6H2,1-3H3,(H,16,19,20)/b9-7+/t10-,11-,13?/m1/s1. The lowest BCUT2D eigenvalue weighted by Crippen LogP contribution is -2.40. The molecule has 3 rings (SSSR count). The number of H-pyrrole nitrogens is 1. The van der Waals surface area contributed by atoms with Crippen molar-refractivity contribution in [3.8, 4) is 0 Å². The van der Waals surface area contributed by atoms with E-state index in [0.29, 0.717) is 5.69 Å². The maximum Gasteiger partial charge on any atom is 0.354 e. The molecule has 0 aromatic carbocycles. The molecule has 1 unspecified atom stereocenters. The largest absolute Gasteiger partial charge is 0.390 e. The molecule has 2 aliphatic rings. The van der Waals surface area contributed by atoms with Crippen LogP contribution in [0.2, 0.25) is 0 Å². The van der Waals surface area contributed by atoms with E-state index in [1.54, 1.807) is 20.8 Å². The third-order valence-electron chi connectivity index (χ3n) is 4.26. The first-order valence-corrected chi connectivity index (χ1v) is 9.73. The van der Waals surface area contributed by atoms with Gasteiger partial charge in [-0.25, -0.2) is 4.79 Å². The summed E-state index contributed by atoms with van der Waals surface area (Å²) in [6, 6.07) is 0. The van der Waals surface area contributed by atoms with Gasteiger partial charge in [-0.05, 0) is 20.8 Å². The summed E-state index contributed by atoms with van der Waals surface area (Å²) in [5, 5.41) is 10.3. The van der Waals surface area contributed by atoms with E-state index >= 15 is 0 Å². The van der Waals surface area contributed by atoms with Gasteiger partial charge >= 0.3 is 13.3 Å². The first-order chi connectivity index (χ1) is 11.8. The molecule has 2 N–H and O–H groups in total. The van der Waals surface area contributed by atoms with Crippen molar-refractivity contribution in [2.24, 2.45) is 0 Å². The van der Waals surface area contributed by atoms with E-state index in [2.05, 4.69) is 4.98 Å². The number of aliphatic hydroxyl groups is 1. The summed E-state index contributed by atoms with van der Waals surface area (Å²) in [6.07, 6.45) is -2.21. The molecular weight excluding hydrogens is 351 g/mol. The molecule has 1 fully saturated rings. The molecule has 3 atom stereocenters. The molecule has 1 saturated heterocycles. The van der Waals surface area contributed by atoms with Gasteiger partial charge in [-0.2, -0.15) is 0 Å². The van der Waals surface area contributed by atoms with E-state index in [-0.39, 0.29) is 30.8 Å². The summed E-state index contributed by atoms with van der Waals surface area (Å²) in [5.74, 6) is 1.26. The Morgan fingerprint density at radius 3 is 2.60 bits per heavy atom. The minimum Gasteiger partial charge on any atom is -0.390 e. The third-order valence-corrected chi connectivity index (χ3v) is 6.09. The number of nitrogens with zero attached hydrogens (tertiary/aromatic N) is 1. The summed E-state index contributed by atoms with van der Waals surface area (Å²) in [7, 11) is -3.63. The number of aromatic nitrogens is 2. The van der Waals surface area contributed by atoms with E-state index in [1.807, 2.05) is 0 Å². The summed E-state index contributed by atoms with van der Waals surface area (Å²) in [4.78, 5) is 26.6. The highest BCUT2D eigenvalue weighted by Gasteiger charge is 2.46. The van der Waals surface area contributed by atoms with Crippen LogP contribution in [0.1, 0.15) is 37.8 Å². The second-order valence-electron chi connectivity index (χ2n) is 5.88. The molecule has 3 heterocycles. The molecule has 0 radical (unpaired) electrons. The monoisotopic (exact) mass is 372 g/mol. The lowest BCUT2D eigenvalue weighted by atomic mass is 10.0. The second kappa shape index (κ2) is 6.66. The van der Waals surface area contributed by atoms with Crippen molar-refractivity contribution in [2.75, 3.05) is 13.2 Å². The van der Waals surface area contributed by atoms with Crippen LogP contribution in [0.15, 0.2) is 15.4 Å². The Hall–Kier alpha value is -1.51. The van der Waals surface area contributed by atoms with Crippen molar-refractivity contribution in [2.45, 2.75) is 45.6 Å². The lowest BCUT2D eigenvalue weighted by Gasteiger charge is -2.30. The molecule has 0 spiro atoms. The van der Waals surface area contributed by atoms with Crippen molar-refractivity contribution in [1.82, 2.24) is 9.55 Å². The Balaban J connectivity index is 2.27. The quantitative estimate of drug-likeness (QED) is 0.743. The fourth-order valence-corrected chi connectivity index (χ4v) is 4.83. The molecule has 0 saturated carbocycles. The maximum atomic E-state index is 12.9. The number of rotatable bonds is 5. The molecule has 9 nitrogen and oxygen atoms in total. The van der Waals surface area contributed by atoms with Crippen LogP contribution in [0.25, 0.3) is 5.57 Å². The zero-order valence-corrected chi connectivity index (χ0v) is 15.1. The van der Waals surface area contributed by atoms with Crippen LogP contribution >= 0.6 is 7.60 Å². The maximum absolute atomic E-state index is 12.9. The first-order valence-electron chi connectivity index (χ1n) is 8.12. The normalized spacial score (nSPS) is 26.9. The van der Waals surface area contributed by atoms with Gasteiger partial charge in [0, 0.05) is 23.4 Å². The highest BCUT2D eigenvalue weighted by atomic mass is 31.2. The highest BCUT2D eigenvalue weighted by molar-refractivity contribution is 7.57. The predicted molar refractivity (Wildman–Crippen MR) is 89.4 cm³/mol. The number of fused-ring (bicyclic) bond motifs is 4. The van der Waals surface area contributed by atoms with Crippen LogP contribution < -0.4 is 11.2 Å². The van der Waals surface area contributed by atoms with Gasteiger partial charge in [0.25, 0.3) is 5.56 Å². The van der Waals surface area contributed by atoms with Crippen molar-refractivity contribution >= 4 is 13.2 Å². The van der Waals surface area contributed by atoms with Crippen molar-refractivity contribution in [3.05, 3.63) is 37.9 Å². The fraction of sp³-hybridized carbons (Fsp3) is 0.600. The molecular formula is C15H21N2O7P. The average molecular weight is 372 g/mol. The number of aliphatic hydroxyl groups excluding tert-OH is 1. The molecule has 2 bridgehead atoms. The predicted octanol–water partition coefficient (Wildman–Crippen LogP) is 1.11. The molecule has 0 aliphatic carbocycles. The molecule has 10 heteroatoms. The van der Waals surface area contributed by atoms with Gasteiger partial charge in [0.15, 0.2) is 0 Å². The molecule has 2 aliphatic heterocycles. The van der Waals surface area contributed by atoms with Crippen LogP contribution in [-0.4, -0.2) is 40.1 Å². The van der Waals surface area contributed by atoms with Gasteiger partial charge in [-0.1, -0.05) is 0 Å². The van der Waals surface area contributed by atoms with Crippen molar-refractivity contribution in [1.29, 1.82) is 0 Å². The van der Waals surface area contributed by atoms with Crippen LogP contribution in [0.4, 0.5) is 0 Å². The smallest absolute Gasteiger partial charge is 0.354 e. The molecule has 0 amide bonds. The van der Waals surface area contributed by atoms with Crippen molar-refractivity contribution in [3.63, 3.8) is 0 Å². The van der Waals surface area contributed by atoms with Crippen LogP contribution in [-0.2, 0) is 18.3 Å². The zero-order chi connectivity index (χ0) is 18.4. The Morgan fingerprint density at radius 2 is 2.00 bits per heavy atom. The summed E-state index contributed by atoms with van der Waals surface area (Å²) in [5.41, 5.74) is -0.339. The SMILES string of the molecule is CCOP(=O)(/C=C1\c2c(C)c(=O)[nH]c(=O)n2[C@H]2C[C@@H](O)C1O2)OCC. The van der Waals surface area contributed by atoms with Crippen LogP contribution in [0.3, 0.4) is 0 Å². The number of hydrogen-bond acceptors (Lipinski definition) is 7. The summed E-state index contributed by atoms with van der Waals surface area (Å²) >= 11 is 0. The van der Waals surface area contributed by atoms with Gasteiger partial charge in [-0.3, -0.25) is 18.9 Å². The Kier molecular flexibility index (Phi) is 4.87. The second-order valence-corrected chi connectivity index (χ2v) is 7.73. The molecule has 25 heavy (non-hydrogen) atoms. The van der Waals surface area contributed by atoms with Crippen LogP contribution in [0, 0.1) is 6.92 Å². The number of hydrogen-bond donors (Lipinski definition) is 2. The number of nitrogens with one attached hydrogen (secondary N) is 1. The number of aromatic amines is 1. The van der Waals surface area contributed by atoms with Gasteiger partial charge in [0.1, 0.15) is 12.3 Å². The molecule has 1 aromatic heterocycles.